The Hall–Kier alpha value is -3.79. The number of anilines is 1. The van der Waals surface area contributed by atoms with Crippen molar-refractivity contribution in [1.29, 1.82) is 0 Å². The van der Waals surface area contributed by atoms with E-state index in [1.54, 1.807) is 36.2 Å². The van der Waals surface area contributed by atoms with E-state index in [1.165, 1.54) is 12.1 Å². The number of fused-ring (bicyclic) bond motifs is 1. The largest absolute Gasteiger partial charge is 0.493 e. The topological polar surface area (TPSA) is 65.4 Å². The van der Waals surface area contributed by atoms with E-state index < -0.39 is 0 Å². The van der Waals surface area contributed by atoms with E-state index >= 15 is 0 Å². The van der Waals surface area contributed by atoms with E-state index in [4.69, 9.17) is 15.9 Å². The van der Waals surface area contributed by atoms with Crippen molar-refractivity contribution in [3.05, 3.63) is 65.9 Å². The van der Waals surface area contributed by atoms with Crippen LogP contribution in [0.2, 0.25) is 0 Å². The zero-order chi connectivity index (χ0) is 20.4. The Balaban J connectivity index is 1.75. The lowest BCUT2D eigenvalue weighted by Crippen LogP contribution is -2.25. The smallest absolute Gasteiger partial charge is 0.226 e. The van der Waals surface area contributed by atoms with Crippen LogP contribution in [0, 0.1) is 18.2 Å². The molecule has 0 saturated carbocycles. The minimum absolute atomic E-state index is 0.107. The van der Waals surface area contributed by atoms with E-state index in [0.717, 1.165) is 11.3 Å². The maximum absolute atomic E-state index is 13.3. The van der Waals surface area contributed by atoms with Crippen LogP contribution >= 0.6 is 0 Å². The number of carbonyl (C=O) groups excluding carboxylic acids is 1. The lowest BCUT2D eigenvalue weighted by atomic mass is 9.89. The molecule has 2 aromatic carbocycles. The highest BCUT2D eigenvalue weighted by Gasteiger charge is 2.31. The Kier molecular flexibility index (Phi) is 4.92. The molecule has 0 fully saturated rings. The highest BCUT2D eigenvalue weighted by molar-refractivity contribution is 5.94. The van der Waals surface area contributed by atoms with Gasteiger partial charge in [-0.1, -0.05) is 12.0 Å². The summed E-state index contributed by atoms with van der Waals surface area (Å²) in [5.41, 5.74) is 2.29. The van der Waals surface area contributed by atoms with E-state index in [1.807, 2.05) is 12.1 Å². The number of methoxy groups -OCH3 is 1. The van der Waals surface area contributed by atoms with Gasteiger partial charge in [-0.3, -0.25) is 9.36 Å². The Bertz CT molecular complexity index is 1100. The second-order valence-electron chi connectivity index (χ2n) is 6.53. The van der Waals surface area contributed by atoms with Crippen LogP contribution in [0.25, 0.3) is 5.69 Å². The van der Waals surface area contributed by atoms with Gasteiger partial charge < -0.3 is 14.8 Å². The molecule has 146 valence electrons. The molecule has 0 spiro atoms. The minimum Gasteiger partial charge on any atom is -0.493 e. The molecular weight excluding hydrogens is 373 g/mol. The molecule has 2 heterocycles. The number of hydrogen-bond donors (Lipinski definition) is 1. The third-order valence-corrected chi connectivity index (χ3v) is 4.78. The predicted molar refractivity (Wildman–Crippen MR) is 106 cm³/mol. The fourth-order valence-electron chi connectivity index (χ4n) is 3.42. The molecule has 1 unspecified atom stereocenters. The van der Waals surface area contributed by atoms with Gasteiger partial charge in [0.25, 0.3) is 0 Å². The highest BCUT2D eigenvalue weighted by Crippen LogP contribution is 2.40. The molecule has 1 N–H and O–H groups in total. The van der Waals surface area contributed by atoms with Gasteiger partial charge in [-0.2, -0.15) is 0 Å². The van der Waals surface area contributed by atoms with Crippen LogP contribution in [-0.4, -0.2) is 29.2 Å². The zero-order valence-electron chi connectivity index (χ0n) is 15.7. The summed E-state index contributed by atoms with van der Waals surface area (Å²) in [5.74, 6) is 3.34. The summed E-state index contributed by atoms with van der Waals surface area (Å²) >= 11 is 0. The number of carbonyl (C=O) groups is 1. The molecule has 6 nitrogen and oxygen atoms in total. The number of ether oxygens (including phenoxy) is 2. The van der Waals surface area contributed by atoms with Crippen molar-refractivity contribution in [2.45, 2.75) is 12.3 Å². The van der Waals surface area contributed by atoms with Gasteiger partial charge in [0.05, 0.1) is 12.8 Å². The van der Waals surface area contributed by atoms with Crippen molar-refractivity contribution >= 4 is 11.7 Å². The number of rotatable bonds is 5. The van der Waals surface area contributed by atoms with E-state index in [2.05, 4.69) is 16.2 Å². The Morgan fingerprint density at radius 1 is 1.28 bits per heavy atom. The standard InChI is InChI=1S/C22H18FN3O3/c1-3-10-29-19-11-14(4-9-18(19)28-2)17-12-20(27)25-22-21(17)24-13-26(22)16-7-5-15(23)6-8-16/h1,4-9,11,13,17H,10,12H2,2H3,(H,25,27). The lowest BCUT2D eigenvalue weighted by molar-refractivity contribution is -0.116. The van der Waals surface area contributed by atoms with E-state index in [9.17, 15) is 9.18 Å². The molecule has 7 heteroatoms. The first-order valence-electron chi connectivity index (χ1n) is 8.98. The van der Waals surface area contributed by atoms with Crippen LogP contribution in [0.3, 0.4) is 0 Å². The van der Waals surface area contributed by atoms with Crippen molar-refractivity contribution in [3.63, 3.8) is 0 Å². The van der Waals surface area contributed by atoms with Crippen LogP contribution in [0.4, 0.5) is 10.2 Å². The van der Waals surface area contributed by atoms with E-state index in [-0.39, 0.29) is 30.7 Å². The lowest BCUT2D eigenvalue weighted by Gasteiger charge is -2.24. The Morgan fingerprint density at radius 3 is 2.79 bits per heavy atom. The molecule has 29 heavy (non-hydrogen) atoms. The van der Waals surface area contributed by atoms with Crippen LogP contribution in [0.1, 0.15) is 23.6 Å². The summed E-state index contributed by atoms with van der Waals surface area (Å²) in [6.45, 7) is 0.107. The number of nitrogens with one attached hydrogen (secondary N) is 1. The van der Waals surface area contributed by atoms with Gasteiger partial charge in [0, 0.05) is 18.0 Å². The summed E-state index contributed by atoms with van der Waals surface area (Å²) in [5, 5.41) is 2.88. The fraction of sp³-hybridized carbons (Fsp3) is 0.182. The molecule has 0 aliphatic carbocycles. The van der Waals surface area contributed by atoms with Crippen LogP contribution in [0.5, 0.6) is 11.5 Å². The van der Waals surface area contributed by atoms with E-state index in [0.29, 0.717) is 23.0 Å². The monoisotopic (exact) mass is 391 g/mol. The average molecular weight is 391 g/mol. The Morgan fingerprint density at radius 2 is 2.07 bits per heavy atom. The number of aromatic nitrogens is 2. The molecule has 4 rings (SSSR count). The third-order valence-electron chi connectivity index (χ3n) is 4.78. The summed E-state index contributed by atoms with van der Waals surface area (Å²) in [6, 6.07) is 11.5. The SMILES string of the molecule is C#CCOc1cc(C2CC(=O)Nc3c2ncn3-c2ccc(F)cc2)ccc1OC. The quantitative estimate of drug-likeness (QED) is 0.676. The second kappa shape index (κ2) is 7.68. The molecule has 1 amide bonds. The highest BCUT2D eigenvalue weighted by atomic mass is 19.1. The second-order valence-corrected chi connectivity index (χ2v) is 6.53. The number of amides is 1. The zero-order valence-corrected chi connectivity index (χ0v) is 15.7. The molecule has 1 aliphatic heterocycles. The van der Waals surface area contributed by atoms with Crippen molar-refractivity contribution < 1.29 is 18.7 Å². The van der Waals surface area contributed by atoms with Gasteiger partial charge in [0.2, 0.25) is 5.91 Å². The number of halogens is 1. The van der Waals surface area contributed by atoms with Gasteiger partial charge >= 0.3 is 0 Å². The fourth-order valence-corrected chi connectivity index (χ4v) is 3.42. The van der Waals surface area contributed by atoms with Gasteiger partial charge in [-0.25, -0.2) is 9.37 Å². The van der Waals surface area contributed by atoms with Crippen molar-refractivity contribution in [2.75, 3.05) is 19.0 Å². The van der Waals surface area contributed by atoms with Crippen molar-refractivity contribution in [1.82, 2.24) is 9.55 Å². The molecule has 1 aromatic heterocycles. The predicted octanol–water partition coefficient (Wildman–Crippen LogP) is 3.51. The first kappa shape index (κ1) is 18.6. The first-order chi connectivity index (χ1) is 14.1. The maximum Gasteiger partial charge on any atom is 0.226 e. The summed E-state index contributed by atoms with van der Waals surface area (Å²) in [4.78, 5) is 17.0. The van der Waals surface area contributed by atoms with Gasteiger partial charge in [0.1, 0.15) is 24.6 Å². The number of imidazole rings is 1. The number of benzene rings is 2. The summed E-state index contributed by atoms with van der Waals surface area (Å²) in [6.07, 6.45) is 7.16. The number of hydrogen-bond acceptors (Lipinski definition) is 4. The molecular formula is C22H18FN3O3. The molecule has 0 bridgehead atoms. The van der Waals surface area contributed by atoms with Crippen LogP contribution in [-0.2, 0) is 4.79 Å². The van der Waals surface area contributed by atoms with Gasteiger partial charge in [0.15, 0.2) is 11.5 Å². The number of terminal acetylenes is 1. The van der Waals surface area contributed by atoms with Crippen LogP contribution in [0.15, 0.2) is 48.8 Å². The van der Waals surface area contributed by atoms with Crippen molar-refractivity contribution in [3.8, 4) is 29.5 Å². The van der Waals surface area contributed by atoms with Crippen LogP contribution < -0.4 is 14.8 Å². The first-order valence-corrected chi connectivity index (χ1v) is 8.98. The van der Waals surface area contributed by atoms with Crippen molar-refractivity contribution in [2.24, 2.45) is 0 Å². The third kappa shape index (κ3) is 3.52. The minimum atomic E-state index is -0.331. The van der Waals surface area contributed by atoms with Gasteiger partial charge in [-0.05, 0) is 42.0 Å². The Labute approximate surface area is 167 Å². The molecule has 0 radical (unpaired) electrons. The maximum atomic E-state index is 13.3. The molecule has 1 aliphatic rings. The molecule has 1 atom stereocenters. The molecule has 3 aromatic rings. The number of nitrogens with zero attached hydrogens (tertiary/aromatic N) is 2. The average Bonchev–Trinajstić information content (AvgIpc) is 3.15. The molecule has 0 saturated heterocycles. The summed E-state index contributed by atoms with van der Waals surface area (Å²) < 4.78 is 25.9. The normalized spacial score (nSPS) is 15.2. The van der Waals surface area contributed by atoms with Gasteiger partial charge in [-0.15, -0.1) is 6.42 Å². The summed E-state index contributed by atoms with van der Waals surface area (Å²) in [7, 11) is 1.55.